The fourth-order valence-electron chi connectivity index (χ4n) is 0.958. The number of hydrogen-bond acceptors (Lipinski definition) is 4. The highest BCUT2D eigenvalue weighted by Crippen LogP contribution is 2.14. The molecule has 66 valence electrons. The summed E-state index contributed by atoms with van der Waals surface area (Å²) in [5.41, 5.74) is 8.11. The van der Waals surface area contributed by atoms with Crippen LogP contribution in [0.5, 0.6) is 0 Å². The zero-order chi connectivity index (χ0) is 8.97. The summed E-state index contributed by atoms with van der Waals surface area (Å²) >= 11 is 0. The van der Waals surface area contributed by atoms with Crippen LogP contribution in [0.15, 0.2) is 17.5 Å². The van der Waals surface area contributed by atoms with Gasteiger partial charge >= 0.3 is 0 Å². The van der Waals surface area contributed by atoms with E-state index in [0.29, 0.717) is 0 Å². The molecule has 0 fully saturated rings. The standard InChI is InChI=1S/C6H9N3O3/c7-9-8-4-1-2-12-5(3-10)6(4)11/h1-2,4-6,10-11H,3H2. The monoisotopic (exact) mass is 171 g/mol. The molecular formula is C6H9N3O3. The first kappa shape index (κ1) is 8.86. The lowest BCUT2D eigenvalue weighted by Crippen LogP contribution is -2.41. The van der Waals surface area contributed by atoms with Crippen LogP contribution < -0.4 is 0 Å². The van der Waals surface area contributed by atoms with Crippen molar-refractivity contribution in [1.29, 1.82) is 0 Å². The second kappa shape index (κ2) is 3.96. The summed E-state index contributed by atoms with van der Waals surface area (Å²) in [6, 6.07) is -0.652. The Bertz CT molecular complexity index is 224. The second-order valence-corrected chi connectivity index (χ2v) is 2.37. The van der Waals surface area contributed by atoms with Crippen LogP contribution in [0.1, 0.15) is 0 Å². The molecule has 12 heavy (non-hydrogen) atoms. The highest BCUT2D eigenvalue weighted by atomic mass is 16.5. The highest BCUT2D eigenvalue weighted by molar-refractivity contribution is 5.01. The summed E-state index contributed by atoms with van der Waals surface area (Å²) in [6.07, 6.45) is 1.07. The van der Waals surface area contributed by atoms with Crippen molar-refractivity contribution in [3.63, 3.8) is 0 Å². The quantitative estimate of drug-likeness (QED) is 0.345. The minimum Gasteiger partial charge on any atom is -0.493 e. The van der Waals surface area contributed by atoms with Crippen LogP contribution in [0.25, 0.3) is 10.4 Å². The number of aliphatic hydroxyl groups is 2. The number of aliphatic hydroxyl groups excluding tert-OH is 2. The Morgan fingerprint density at radius 3 is 3.00 bits per heavy atom. The molecule has 0 aliphatic carbocycles. The Kier molecular flexibility index (Phi) is 2.93. The van der Waals surface area contributed by atoms with Gasteiger partial charge < -0.3 is 14.9 Å². The number of hydrogen-bond donors (Lipinski definition) is 2. The lowest BCUT2D eigenvalue weighted by molar-refractivity contribution is -0.0386. The van der Waals surface area contributed by atoms with Gasteiger partial charge in [-0.2, -0.15) is 0 Å². The summed E-state index contributed by atoms with van der Waals surface area (Å²) in [4.78, 5) is 2.56. The molecule has 1 aliphatic heterocycles. The first-order valence-corrected chi connectivity index (χ1v) is 3.45. The molecule has 0 aromatic heterocycles. The molecule has 0 amide bonds. The zero-order valence-electron chi connectivity index (χ0n) is 6.24. The van der Waals surface area contributed by atoms with Gasteiger partial charge in [-0.3, -0.25) is 0 Å². The second-order valence-electron chi connectivity index (χ2n) is 2.37. The maximum Gasteiger partial charge on any atom is 0.147 e. The Labute approximate surface area is 68.7 Å². The molecular weight excluding hydrogens is 162 g/mol. The van der Waals surface area contributed by atoms with E-state index < -0.39 is 18.2 Å². The average molecular weight is 171 g/mol. The lowest BCUT2D eigenvalue weighted by atomic mass is 10.1. The minimum absolute atomic E-state index is 0.303. The van der Waals surface area contributed by atoms with Crippen molar-refractivity contribution in [3.8, 4) is 0 Å². The Morgan fingerprint density at radius 2 is 2.42 bits per heavy atom. The molecule has 0 bridgehead atoms. The average Bonchev–Trinajstić information content (AvgIpc) is 2.09. The third-order valence-corrected chi connectivity index (χ3v) is 1.62. The molecule has 1 aliphatic rings. The van der Waals surface area contributed by atoms with Gasteiger partial charge in [-0.25, -0.2) is 0 Å². The van der Waals surface area contributed by atoms with Crippen molar-refractivity contribution in [2.45, 2.75) is 18.2 Å². The summed E-state index contributed by atoms with van der Waals surface area (Å²) < 4.78 is 4.85. The Balaban J connectivity index is 2.70. The molecule has 3 atom stereocenters. The van der Waals surface area contributed by atoms with Crippen LogP contribution in [0, 0.1) is 0 Å². The van der Waals surface area contributed by atoms with Gasteiger partial charge in [0.15, 0.2) is 0 Å². The van der Waals surface area contributed by atoms with Gasteiger partial charge in [0, 0.05) is 4.91 Å². The highest BCUT2D eigenvalue weighted by Gasteiger charge is 2.28. The van der Waals surface area contributed by atoms with Crippen molar-refractivity contribution < 1.29 is 14.9 Å². The molecule has 0 aromatic carbocycles. The molecule has 2 N–H and O–H groups in total. The summed E-state index contributed by atoms with van der Waals surface area (Å²) in [7, 11) is 0. The fourth-order valence-corrected chi connectivity index (χ4v) is 0.958. The Hall–Kier alpha value is -1.23. The number of ether oxygens (including phenoxy) is 1. The zero-order valence-corrected chi connectivity index (χ0v) is 6.24. The molecule has 1 rings (SSSR count). The van der Waals surface area contributed by atoms with Gasteiger partial charge in [0.05, 0.1) is 18.9 Å². The van der Waals surface area contributed by atoms with Gasteiger partial charge in [0.2, 0.25) is 0 Å². The van der Waals surface area contributed by atoms with E-state index in [0.717, 1.165) is 0 Å². The maximum absolute atomic E-state index is 9.36. The maximum atomic E-state index is 9.36. The Morgan fingerprint density at radius 1 is 1.67 bits per heavy atom. The first-order valence-electron chi connectivity index (χ1n) is 3.45. The topological polar surface area (TPSA) is 98.5 Å². The van der Waals surface area contributed by atoms with E-state index >= 15 is 0 Å². The van der Waals surface area contributed by atoms with Crippen LogP contribution in [-0.4, -0.2) is 35.1 Å². The largest absolute Gasteiger partial charge is 0.493 e. The van der Waals surface area contributed by atoms with Crippen molar-refractivity contribution in [3.05, 3.63) is 22.8 Å². The molecule has 0 saturated heterocycles. The van der Waals surface area contributed by atoms with Gasteiger partial charge in [0.25, 0.3) is 0 Å². The third kappa shape index (κ3) is 1.68. The molecule has 0 radical (unpaired) electrons. The van der Waals surface area contributed by atoms with E-state index in [1.54, 1.807) is 0 Å². The van der Waals surface area contributed by atoms with Crippen molar-refractivity contribution >= 4 is 0 Å². The third-order valence-electron chi connectivity index (χ3n) is 1.62. The molecule has 0 saturated carbocycles. The van der Waals surface area contributed by atoms with Crippen molar-refractivity contribution in [2.75, 3.05) is 6.61 Å². The fraction of sp³-hybridized carbons (Fsp3) is 0.667. The summed E-state index contributed by atoms with van der Waals surface area (Å²) in [5.74, 6) is 0. The van der Waals surface area contributed by atoms with Crippen LogP contribution >= 0.6 is 0 Å². The number of rotatable bonds is 2. The summed E-state index contributed by atoms with van der Waals surface area (Å²) in [5, 5.41) is 21.4. The van der Waals surface area contributed by atoms with Gasteiger partial charge in [0.1, 0.15) is 12.2 Å². The van der Waals surface area contributed by atoms with Crippen molar-refractivity contribution in [2.24, 2.45) is 5.11 Å². The minimum atomic E-state index is -0.976. The molecule has 0 aromatic rings. The van der Waals surface area contributed by atoms with E-state index in [2.05, 4.69) is 10.0 Å². The van der Waals surface area contributed by atoms with Gasteiger partial charge in [-0.1, -0.05) is 5.11 Å². The van der Waals surface area contributed by atoms with E-state index in [4.69, 9.17) is 15.4 Å². The van der Waals surface area contributed by atoms with Crippen molar-refractivity contribution in [1.82, 2.24) is 0 Å². The summed E-state index contributed by atoms with van der Waals surface area (Å²) in [6.45, 7) is -0.303. The molecule has 0 spiro atoms. The predicted molar refractivity (Wildman–Crippen MR) is 40.0 cm³/mol. The number of azide groups is 1. The van der Waals surface area contributed by atoms with Gasteiger partial charge in [-0.15, -0.1) is 0 Å². The van der Waals surface area contributed by atoms with Crippen LogP contribution in [-0.2, 0) is 4.74 Å². The van der Waals surface area contributed by atoms with E-state index in [-0.39, 0.29) is 6.61 Å². The van der Waals surface area contributed by atoms with Crippen LogP contribution in [0.2, 0.25) is 0 Å². The molecule has 3 unspecified atom stereocenters. The SMILES string of the molecule is [N-]=[N+]=NC1C=COC(CO)C1O. The van der Waals surface area contributed by atoms with Crippen LogP contribution in [0.3, 0.4) is 0 Å². The van der Waals surface area contributed by atoms with Gasteiger partial charge in [-0.05, 0) is 11.6 Å². The molecule has 1 heterocycles. The van der Waals surface area contributed by atoms with E-state index in [1.807, 2.05) is 0 Å². The number of nitrogens with zero attached hydrogens (tertiary/aromatic N) is 3. The van der Waals surface area contributed by atoms with Crippen LogP contribution in [0.4, 0.5) is 0 Å². The van der Waals surface area contributed by atoms with E-state index in [9.17, 15) is 5.11 Å². The lowest BCUT2D eigenvalue weighted by Gasteiger charge is -2.27. The normalized spacial score (nSPS) is 33.7. The smallest absolute Gasteiger partial charge is 0.147 e. The molecule has 6 heteroatoms. The van der Waals surface area contributed by atoms with E-state index in [1.165, 1.54) is 12.3 Å². The molecule has 6 nitrogen and oxygen atoms in total. The first-order chi connectivity index (χ1) is 5.79. The predicted octanol–water partition coefficient (Wildman–Crippen LogP) is -0.0690.